The van der Waals surface area contributed by atoms with Crippen molar-refractivity contribution in [2.45, 2.75) is 33.7 Å². The number of aromatic nitrogens is 1. The summed E-state index contributed by atoms with van der Waals surface area (Å²) in [5.41, 5.74) is 5.12. The molecule has 0 radical (unpaired) electrons. The first kappa shape index (κ1) is 15.9. The van der Waals surface area contributed by atoms with Crippen molar-refractivity contribution in [3.63, 3.8) is 0 Å². The fourth-order valence-corrected chi connectivity index (χ4v) is 3.15. The van der Waals surface area contributed by atoms with Crippen molar-refractivity contribution >= 4 is 28.9 Å². The third kappa shape index (κ3) is 3.42. The number of nitrogens with zero attached hydrogens (tertiary/aromatic N) is 1. The molecule has 3 nitrogen and oxygen atoms in total. The van der Waals surface area contributed by atoms with Crippen LogP contribution in [0.3, 0.4) is 0 Å². The van der Waals surface area contributed by atoms with E-state index in [1.165, 1.54) is 5.56 Å². The Hall–Kier alpha value is -1.45. The first-order valence-corrected chi connectivity index (χ1v) is 7.44. The van der Waals surface area contributed by atoms with Crippen LogP contribution in [0, 0.1) is 20.8 Å². The van der Waals surface area contributed by atoms with Crippen molar-refractivity contribution < 1.29 is 5.11 Å². The Labute approximate surface area is 134 Å². The molecule has 1 aromatic heterocycles. The van der Waals surface area contributed by atoms with E-state index in [0.717, 1.165) is 22.6 Å². The second-order valence-electron chi connectivity index (χ2n) is 5.23. The highest BCUT2D eigenvalue weighted by atomic mass is 35.5. The van der Waals surface area contributed by atoms with Crippen LogP contribution >= 0.6 is 23.2 Å². The van der Waals surface area contributed by atoms with E-state index in [-0.39, 0.29) is 21.8 Å². The van der Waals surface area contributed by atoms with Gasteiger partial charge in [0, 0.05) is 17.1 Å². The highest BCUT2D eigenvalue weighted by Crippen LogP contribution is 2.36. The lowest BCUT2D eigenvalue weighted by molar-refractivity contribution is 0.476. The Morgan fingerprint density at radius 2 is 1.67 bits per heavy atom. The molecule has 1 aromatic carbocycles. The van der Waals surface area contributed by atoms with Crippen LogP contribution in [-0.2, 0) is 0 Å². The molecule has 2 rings (SSSR count). The average Bonchev–Trinajstić information content (AvgIpc) is 2.34. The number of hydrogen-bond acceptors (Lipinski definition) is 3. The van der Waals surface area contributed by atoms with Gasteiger partial charge >= 0.3 is 0 Å². The van der Waals surface area contributed by atoms with Crippen LogP contribution in [0.4, 0.5) is 5.69 Å². The summed E-state index contributed by atoms with van der Waals surface area (Å²) in [6.07, 6.45) is 0. The monoisotopic (exact) mass is 324 g/mol. The normalized spacial score (nSPS) is 12.3. The highest BCUT2D eigenvalue weighted by Gasteiger charge is 2.14. The standard InChI is InChI=1S/C16H18Cl2N2O/c1-8-5-9(2)19-10(3)15(8)11(4)20-12-6-13(17)16(21)14(18)7-12/h5-7,11,20-21H,1-4H3. The fraction of sp³-hybridized carbons (Fsp3) is 0.312. The van der Waals surface area contributed by atoms with Crippen LogP contribution in [0.5, 0.6) is 5.75 Å². The summed E-state index contributed by atoms with van der Waals surface area (Å²) in [5.74, 6) is -0.0964. The highest BCUT2D eigenvalue weighted by molar-refractivity contribution is 6.37. The van der Waals surface area contributed by atoms with Gasteiger partial charge in [0.15, 0.2) is 5.75 Å². The van der Waals surface area contributed by atoms with Gasteiger partial charge in [-0.15, -0.1) is 0 Å². The van der Waals surface area contributed by atoms with E-state index in [9.17, 15) is 5.11 Å². The number of rotatable bonds is 3. The fourth-order valence-electron chi connectivity index (χ4n) is 2.66. The summed E-state index contributed by atoms with van der Waals surface area (Å²) >= 11 is 11.9. The number of phenols is 1. The Bertz CT molecular complexity index is 640. The average molecular weight is 325 g/mol. The number of nitrogens with one attached hydrogen (secondary N) is 1. The summed E-state index contributed by atoms with van der Waals surface area (Å²) in [6, 6.07) is 5.43. The molecule has 0 fully saturated rings. The lowest BCUT2D eigenvalue weighted by Gasteiger charge is -2.20. The lowest BCUT2D eigenvalue weighted by Crippen LogP contribution is -2.11. The number of anilines is 1. The Morgan fingerprint density at radius 3 is 2.19 bits per heavy atom. The molecule has 0 amide bonds. The molecule has 0 spiro atoms. The molecule has 1 heterocycles. The van der Waals surface area contributed by atoms with Crippen molar-refractivity contribution in [2.24, 2.45) is 0 Å². The maximum absolute atomic E-state index is 9.60. The molecule has 112 valence electrons. The lowest BCUT2D eigenvalue weighted by atomic mass is 10.00. The molecule has 0 aliphatic carbocycles. The summed E-state index contributed by atoms with van der Waals surface area (Å²) in [5, 5.41) is 13.4. The predicted molar refractivity (Wildman–Crippen MR) is 88.6 cm³/mol. The molecule has 0 saturated heterocycles. The van der Waals surface area contributed by atoms with Crippen LogP contribution < -0.4 is 5.32 Å². The molecule has 0 bridgehead atoms. The largest absolute Gasteiger partial charge is 0.505 e. The predicted octanol–water partition coefficient (Wildman–Crippen LogP) is 5.19. The molecule has 2 N–H and O–H groups in total. The molecule has 21 heavy (non-hydrogen) atoms. The second-order valence-corrected chi connectivity index (χ2v) is 6.05. The van der Waals surface area contributed by atoms with Gasteiger partial charge in [0.2, 0.25) is 0 Å². The van der Waals surface area contributed by atoms with E-state index >= 15 is 0 Å². The molecule has 2 aromatic rings. The van der Waals surface area contributed by atoms with Crippen LogP contribution in [-0.4, -0.2) is 10.1 Å². The zero-order valence-electron chi connectivity index (χ0n) is 12.5. The molecule has 0 saturated carbocycles. The van der Waals surface area contributed by atoms with Crippen molar-refractivity contribution in [3.8, 4) is 5.75 Å². The minimum atomic E-state index is -0.0964. The van der Waals surface area contributed by atoms with Crippen LogP contribution in [0.1, 0.15) is 35.5 Å². The first-order chi connectivity index (χ1) is 9.79. The van der Waals surface area contributed by atoms with Crippen molar-refractivity contribution in [2.75, 3.05) is 5.32 Å². The number of aryl methyl sites for hydroxylation is 3. The van der Waals surface area contributed by atoms with E-state index in [2.05, 4.69) is 30.2 Å². The number of hydrogen-bond donors (Lipinski definition) is 2. The Kier molecular flexibility index (Phi) is 4.64. The van der Waals surface area contributed by atoms with E-state index in [1.807, 2.05) is 13.8 Å². The number of pyridine rings is 1. The van der Waals surface area contributed by atoms with Gasteiger partial charge in [-0.05, 0) is 57.0 Å². The molecule has 5 heteroatoms. The second kappa shape index (κ2) is 6.12. The molecular weight excluding hydrogens is 307 g/mol. The summed E-state index contributed by atoms with van der Waals surface area (Å²) in [6.45, 7) is 8.12. The van der Waals surface area contributed by atoms with Crippen LogP contribution in [0.25, 0.3) is 0 Å². The minimum absolute atomic E-state index is 0.0507. The molecule has 1 unspecified atom stereocenters. The van der Waals surface area contributed by atoms with E-state index in [1.54, 1.807) is 12.1 Å². The van der Waals surface area contributed by atoms with Gasteiger partial charge in [0.05, 0.1) is 16.1 Å². The zero-order valence-corrected chi connectivity index (χ0v) is 14.0. The van der Waals surface area contributed by atoms with E-state index in [4.69, 9.17) is 23.2 Å². The summed E-state index contributed by atoms with van der Waals surface area (Å²) < 4.78 is 0. The van der Waals surface area contributed by atoms with Gasteiger partial charge < -0.3 is 10.4 Å². The number of phenolic OH excluding ortho intramolecular Hbond substituents is 1. The minimum Gasteiger partial charge on any atom is -0.505 e. The summed E-state index contributed by atoms with van der Waals surface area (Å²) in [7, 11) is 0. The number of benzene rings is 1. The van der Waals surface area contributed by atoms with Gasteiger partial charge in [-0.3, -0.25) is 4.98 Å². The van der Waals surface area contributed by atoms with Gasteiger partial charge in [-0.1, -0.05) is 23.2 Å². The smallest absolute Gasteiger partial charge is 0.152 e. The topological polar surface area (TPSA) is 45.1 Å². The quantitative estimate of drug-likeness (QED) is 0.763. The molecule has 0 aliphatic heterocycles. The van der Waals surface area contributed by atoms with Crippen molar-refractivity contribution in [3.05, 3.63) is 50.8 Å². The van der Waals surface area contributed by atoms with Crippen molar-refractivity contribution in [1.82, 2.24) is 4.98 Å². The third-order valence-corrected chi connectivity index (χ3v) is 3.99. The van der Waals surface area contributed by atoms with Gasteiger partial charge in [0.25, 0.3) is 0 Å². The Morgan fingerprint density at radius 1 is 1.10 bits per heavy atom. The van der Waals surface area contributed by atoms with E-state index in [0.29, 0.717) is 0 Å². The summed E-state index contributed by atoms with van der Waals surface area (Å²) in [4.78, 5) is 4.51. The number of aromatic hydroxyl groups is 1. The first-order valence-electron chi connectivity index (χ1n) is 6.69. The molecule has 0 aliphatic rings. The van der Waals surface area contributed by atoms with Crippen LogP contribution in [0.2, 0.25) is 10.0 Å². The third-order valence-electron chi connectivity index (χ3n) is 3.42. The molecule has 1 atom stereocenters. The maximum Gasteiger partial charge on any atom is 0.152 e. The van der Waals surface area contributed by atoms with Crippen molar-refractivity contribution in [1.29, 1.82) is 0 Å². The SMILES string of the molecule is Cc1cc(C)c(C(C)Nc2cc(Cl)c(O)c(Cl)c2)c(C)n1. The zero-order chi connectivity index (χ0) is 15.7. The Balaban J connectivity index is 2.32. The molecular formula is C16H18Cl2N2O. The van der Waals surface area contributed by atoms with Gasteiger partial charge in [-0.2, -0.15) is 0 Å². The van der Waals surface area contributed by atoms with E-state index < -0.39 is 0 Å². The number of halogens is 2. The van der Waals surface area contributed by atoms with Gasteiger partial charge in [-0.25, -0.2) is 0 Å². The van der Waals surface area contributed by atoms with Gasteiger partial charge in [0.1, 0.15) is 0 Å². The maximum atomic E-state index is 9.60. The van der Waals surface area contributed by atoms with Crippen LogP contribution in [0.15, 0.2) is 18.2 Å².